The highest BCUT2D eigenvalue weighted by Gasteiger charge is 2.36. The molecule has 27 heavy (non-hydrogen) atoms. The molecule has 1 aromatic carbocycles. The van der Waals surface area contributed by atoms with Crippen LogP contribution in [-0.2, 0) is 12.1 Å². The molecule has 0 unspecified atom stereocenters. The van der Waals surface area contributed by atoms with Gasteiger partial charge in [-0.2, -0.15) is 10.1 Å². The second kappa shape index (κ2) is 7.40. The predicted octanol–water partition coefficient (Wildman–Crippen LogP) is 3.25. The number of aromatic nitrogens is 4. The Bertz CT molecular complexity index is 1000. The van der Waals surface area contributed by atoms with E-state index in [4.69, 9.17) is 10.3 Å². The third-order valence-electron chi connectivity index (χ3n) is 4.98. The van der Waals surface area contributed by atoms with Gasteiger partial charge in [-0.3, -0.25) is 4.79 Å². The zero-order chi connectivity index (χ0) is 18.3. The molecular formula is C19H24ClN5O2. The molecule has 0 bridgehead atoms. The molecule has 1 aliphatic carbocycles. The summed E-state index contributed by atoms with van der Waals surface area (Å²) in [7, 11) is 0. The molecule has 1 aliphatic rings. The van der Waals surface area contributed by atoms with Crippen LogP contribution in [0.25, 0.3) is 22.4 Å². The van der Waals surface area contributed by atoms with Crippen molar-refractivity contribution in [3.63, 3.8) is 0 Å². The molecule has 0 radical (unpaired) electrons. The number of hydrogen-bond acceptors (Lipinski definition) is 6. The normalized spacial score (nSPS) is 16.0. The van der Waals surface area contributed by atoms with Gasteiger partial charge in [-0.15, -0.1) is 12.4 Å². The van der Waals surface area contributed by atoms with Crippen molar-refractivity contribution in [2.45, 2.75) is 51.6 Å². The molecule has 3 aromatic rings. The van der Waals surface area contributed by atoms with E-state index in [0.717, 1.165) is 25.7 Å². The first kappa shape index (κ1) is 19.5. The maximum absolute atomic E-state index is 12.7. The summed E-state index contributed by atoms with van der Waals surface area (Å²) in [5.41, 5.74) is 6.34. The summed E-state index contributed by atoms with van der Waals surface area (Å²) in [6.45, 7) is 4.62. The highest BCUT2D eigenvalue weighted by atomic mass is 35.5. The lowest BCUT2D eigenvalue weighted by Gasteiger charge is -2.17. The number of halogens is 1. The van der Waals surface area contributed by atoms with Crippen LogP contribution in [0.2, 0.25) is 0 Å². The van der Waals surface area contributed by atoms with E-state index in [0.29, 0.717) is 40.6 Å². The minimum Gasteiger partial charge on any atom is -0.332 e. The first-order chi connectivity index (χ1) is 12.5. The Balaban J connectivity index is 0.00000210. The van der Waals surface area contributed by atoms with Crippen molar-refractivity contribution in [3.8, 4) is 11.6 Å². The van der Waals surface area contributed by atoms with E-state index in [1.165, 1.54) is 4.68 Å². The SMILES string of the molecule is CC(C)Cn1nc(-c2nc(C3(N)CCCC3)no2)c2ccccc2c1=O.Cl. The molecule has 0 aliphatic heterocycles. The minimum absolute atomic E-state index is 0. The van der Waals surface area contributed by atoms with Crippen molar-refractivity contribution < 1.29 is 4.52 Å². The van der Waals surface area contributed by atoms with Gasteiger partial charge in [0.25, 0.3) is 11.4 Å². The molecule has 0 amide bonds. The van der Waals surface area contributed by atoms with Gasteiger partial charge in [-0.05, 0) is 24.8 Å². The molecular weight excluding hydrogens is 366 g/mol. The van der Waals surface area contributed by atoms with Gasteiger partial charge in [0.15, 0.2) is 11.5 Å². The summed E-state index contributed by atoms with van der Waals surface area (Å²) in [5, 5.41) is 9.98. The largest absolute Gasteiger partial charge is 0.332 e. The molecule has 2 heterocycles. The van der Waals surface area contributed by atoms with Gasteiger partial charge in [-0.25, -0.2) is 4.68 Å². The van der Waals surface area contributed by atoms with E-state index in [2.05, 4.69) is 15.2 Å². The van der Waals surface area contributed by atoms with Crippen LogP contribution < -0.4 is 11.3 Å². The second-order valence-electron chi connectivity index (χ2n) is 7.56. The monoisotopic (exact) mass is 389 g/mol. The number of hydrogen-bond donors (Lipinski definition) is 1. The van der Waals surface area contributed by atoms with E-state index >= 15 is 0 Å². The Morgan fingerprint density at radius 3 is 2.56 bits per heavy atom. The van der Waals surface area contributed by atoms with Crippen molar-refractivity contribution in [2.24, 2.45) is 11.7 Å². The molecule has 2 N–H and O–H groups in total. The third kappa shape index (κ3) is 3.49. The fourth-order valence-electron chi connectivity index (χ4n) is 3.61. The quantitative estimate of drug-likeness (QED) is 0.735. The summed E-state index contributed by atoms with van der Waals surface area (Å²) in [5.74, 6) is 1.13. The first-order valence-electron chi connectivity index (χ1n) is 9.11. The highest BCUT2D eigenvalue weighted by molar-refractivity contribution is 5.91. The third-order valence-corrected chi connectivity index (χ3v) is 4.98. The molecule has 0 spiro atoms. The highest BCUT2D eigenvalue weighted by Crippen LogP contribution is 2.35. The Kier molecular flexibility index (Phi) is 5.35. The van der Waals surface area contributed by atoms with Crippen LogP contribution in [0.1, 0.15) is 45.4 Å². The summed E-state index contributed by atoms with van der Waals surface area (Å²) in [6.07, 6.45) is 3.85. The fraction of sp³-hybridized carbons (Fsp3) is 0.474. The standard InChI is InChI=1S/C19H23N5O2.ClH/c1-12(2)11-24-17(25)14-8-4-3-7-13(14)15(22-24)16-21-18(23-26-16)19(20)9-5-6-10-19;/h3-4,7-8,12H,5-6,9-11,20H2,1-2H3;1H. The van der Waals surface area contributed by atoms with Gasteiger partial charge in [0, 0.05) is 11.9 Å². The Morgan fingerprint density at radius 1 is 1.22 bits per heavy atom. The van der Waals surface area contributed by atoms with E-state index in [1.54, 1.807) is 6.07 Å². The van der Waals surface area contributed by atoms with Gasteiger partial charge < -0.3 is 10.3 Å². The minimum atomic E-state index is -0.524. The van der Waals surface area contributed by atoms with Gasteiger partial charge >= 0.3 is 0 Å². The van der Waals surface area contributed by atoms with Gasteiger partial charge in [0.2, 0.25) is 0 Å². The number of nitrogens with two attached hydrogens (primary N) is 1. The maximum Gasteiger partial charge on any atom is 0.279 e. The summed E-state index contributed by atoms with van der Waals surface area (Å²) >= 11 is 0. The fourth-order valence-corrected chi connectivity index (χ4v) is 3.61. The smallest absolute Gasteiger partial charge is 0.279 e. The lowest BCUT2D eigenvalue weighted by molar-refractivity contribution is 0.371. The van der Waals surface area contributed by atoms with Crippen LogP contribution in [0.5, 0.6) is 0 Å². The zero-order valence-corrected chi connectivity index (χ0v) is 16.3. The van der Waals surface area contributed by atoms with Gasteiger partial charge in [0.05, 0.1) is 10.9 Å². The average molecular weight is 390 g/mol. The van der Waals surface area contributed by atoms with E-state index in [-0.39, 0.29) is 18.0 Å². The van der Waals surface area contributed by atoms with Crippen LogP contribution >= 0.6 is 12.4 Å². The van der Waals surface area contributed by atoms with Crippen LogP contribution in [0.3, 0.4) is 0 Å². The zero-order valence-electron chi connectivity index (χ0n) is 15.5. The van der Waals surface area contributed by atoms with Crippen molar-refractivity contribution in [2.75, 3.05) is 0 Å². The Labute approximate surface area is 163 Å². The first-order valence-corrected chi connectivity index (χ1v) is 9.11. The van der Waals surface area contributed by atoms with Crippen molar-refractivity contribution >= 4 is 23.2 Å². The van der Waals surface area contributed by atoms with Crippen LogP contribution in [0.15, 0.2) is 33.6 Å². The van der Waals surface area contributed by atoms with E-state index in [9.17, 15) is 4.79 Å². The average Bonchev–Trinajstić information content (AvgIpc) is 3.27. The summed E-state index contributed by atoms with van der Waals surface area (Å²) in [4.78, 5) is 17.3. The molecule has 4 rings (SSSR count). The lowest BCUT2D eigenvalue weighted by atomic mass is 9.99. The molecule has 7 nitrogen and oxygen atoms in total. The lowest BCUT2D eigenvalue weighted by Crippen LogP contribution is -2.34. The molecule has 0 atom stereocenters. The van der Waals surface area contributed by atoms with Gasteiger partial charge in [-0.1, -0.05) is 50.0 Å². The number of benzene rings is 1. The topological polar surface area (TPSA) is 99.8 Å². The molecule has 1 saturated carbocycles. The molecule has 0 saturated heterocycles. The molecule has 8 heteroatoms. The second-order valence-corrected chi connectivity index (χ2v) is 7.56. The molecule has 144 valence electrons. The van der Waals surface area contributed by atoms with E-state index in [1.807, 2.05) is 32.0 Å². The summed E-state index contributed by atoms with van der Waals surface area (Å²) in [6, 6.07) is 7.38. The van der Waals surface area contributed by atoms with Crippen LogP contribution in [0.4, 0.5) is 0 Å². The van der Waals surface area contributed by atoms with Crippen LogP contribution in [-0.4, -0.2) is 19.9 Å². The van der Waals surface area contributed by atoms with Crippen LogP contribution in [0, 0.1) is 5.92 Å². The predicted molar refractivity (Wildman–Crippen MR) is 106 cm³/mol. The van der Waals surface area contributed by atoms with Crippen molar-refractivity contribution in [1.82, 2.24) is 19.9 Å². The molecule has 2 aromatic heterocycles. The maximum atomic E-state index is 12.7. The summed E-state index contributed by atoms with van der Waals surface area (Å²) < 4.78 is 7.00. The van der Waals surface area contributed by atoms with Gasteiger partial charge in [0.1, 0.15) is 0 Å². The van der Waals surface area contributed by atoms with Crippen molar-refractivity contribution in [1.29, 1.82) is 0 Å². The number of fused-ring (bicyclic) bond motifs is 1. The molecule has 1 fully saturated rings. The number of nitrogens with zero attached hydrogens (tertiary/aromatic N) is 4. The number of rotatable bonds is 4. The van der Waals surface area contributed by atoms with E-state index < -0.39 is 5.54 Å². The Morgan fingerprint density at radius 2 is 1.89 bits per heavy atom. The Hall–Kier alpha value is -2.25. The van der Waals surface area contributed by atoms with Crippen molar-refractivity contribution in [3.05, 3.63) is 40.4 Å².